The number of benzene rings is 2. The number of nitrogens with zero attached hydrogens (tertiary/aromatic N) is 2. The number of carboxylic acid groups (broad SMARTS) is 1. The minimum absolute atomic E-state index is 0. The predicted octanol–water partition coefficient (Wildman–Crippen LogP) is 4.86. The summed E-state index contributed by atoms with van der Waals surface area (Å²) in [6, 6.07) is 10.9. The molecular weight excluding hydrogens is 362 g/mol. The van der Waals surface area contributed by atoms with E-state index in [-0.39, 0.29) is 24.0 Å². The molecule has 1 N–H and O–H groups in total. The predicted molar refractivity (Wildman–Crippen MR) is 97.2 cm³/mol. The maximum atomic E-state index is 13.3. The number of rotatable bonds is 4. The van der Waals surface area contributed by atoms with E-state index in [1.807, 2.05) is 5.01 Å². The second-order valence-electron chi connectivity index (χ2n) is 6.15. The smallest absolute Gasteiger partial charge is 0.422 e. The van der Waals surface area contributed by atoms with Gasteiger partial charge >= 0.3 is 6.09 Å². The van der Waals surface area contributed by atoms with Crippen LogP contribution in [-0.2, 0) is 0 Å². The summed E-state index contributed by atoms with van der Waals surface area (Å²) >= 11 is 0. The fourth-order valence-corrected chi connectivity index (χ4v) is 3.25. The molecule has 1 amide bonds. The molecule has 0 aromatic heterocycles. The van der Waals surface area contributed by atoms with Gasteiger partial charge in [0, 0.05) is 13.1 Å². The number of hydrogen-bond acceptors (Lipinski definition) is 2. The largest absolute Gasteiger partial charge is 0.464 e. The maximum absolute atomic E-state index is 13.3. The quantitative estimate of drug-likeness (QED) is 0.821. The van der Waals surface area contributed by atoms with Crippen LogP contribution in [0.2, 0.25) is 0 Å². The van der Waals surface area contributed by atoms with Gasteiger partial charge in [0.15, 0.2) is 0 Å². The van der Waals surface area contributed by atoms with Crippen molar-refractivity contribution in [2.24, 2.45) is 0 Å². The van der Waals surface area contributed by atoms with E-state index in [9.17, 15) is 18.7 Å². The molecule has 3 rings (SSSR count). The first-order valence-corrected chi connectivity index (χ1v) is 8.34. The normalized spacial score (nSPS) is 14.7. The minimum Gasteiger partial charge on any atom is -0.464 e. The monoisotopic (exact) mass is 382 g/mol. The van der Waals surface area contributed by atoms with Crippen LogP contribution in [-0.4, -0.2) is 34.3 Å². The molecule has 7 heteroatoms. The second kappa shape index (κ2) is 8.96. The van der Waals surface area contributed by atoms with Crippen molar-refractivity contribution in [3.05, 3.63) is 71.3 Å². The average molecular weight is 383 g/mol. The van der Waals surface area contributed by atoms with Gasteiger partial charge in [0.05, 0.1) is 0 Å². The van der Waals surface area contributed by atoms with E-state index in [1.165, 1.54) is 29.3 Å². The summed E-state index contributed by atoms with van der Waals surface area (Å²) in [7, 11) is 0. The van der Waals surface area contributed by atoms with Gasteiger partial charge in [-0.15, -0.1) is 12.4 Å². The average Bonchev–Trinajstić information content (AvgIpc) is 2.62. The van der Waals surface area contributed by atoms with E-state index in [0.29, 0.717) is 24.2 Å². The van der Waals surface area contributed by atoms with E-state index in [1.54, 1.807) is 24.3 Å². The molecule has 0 saturated carbocycles. The fourth-order valence-electron chi connectivity index (χ4n) is 3.25. The lowest BCUT2D eigenvalue weighted by Crippen LogP contribution is -2.50. The van der Waals surface area contributed by atoms with E-state index in [0.717, 1.165) is 19.3 Å². The lowest BCUT2D eigenvalue weighted by Gasteiger charge is -2.40. The van der Waals surface area contributed by atoms with E-state index in [2.05, 4.69) is 0 Å². The summed E-state index contributed by atoms with van der Waals surface area (Å²) < 4.78 is 26.7. The molecule has 0 bridgehead atoms. The number of amides is 1. The molecule has 0 spiro atoms. The van der Waals surface area contributed by atoms with Crippen LogP contribution in [0.5, 0.6) is 0 Å². The van der Waals surface area contributed by atoms with Crippen LogP contribution in [0.4, 0.5) is 13.6 Å². The number of piperidine rings is 1. The zero-order valence-corrected chi connectivity index (χ0v) is 15.0. The third-order valence-electron chi connectivity index (χ3n) is 4.45. The maximum Gasteiger partial charge on any atom is 0.422 e. The first kappa shape index (κ1) is 20.1. The SMILES string of the molecule is Cl.O=C(O)N(C(c1ccc(F)cc1)c1ccc(F)cc1)N1CCCCC1. The summed E-state index contributed by atoms with van der Waals surface area (Å²) in [5.74, 6) is -0.775. The Labute approximate surface area is 157 Å². The summed E-state index contributed by atoms with van der Waals surface area (Å²) in [5, 5.41) is 13.0. The molecule has 140 valence electrons. The summed E-state index contributed by atoms with van der Waals surface area (Å²) in [6.07, 6.45) is 1.83. The van der Waals surface area contributed by atoms with Gasteiger partial charge in [-0.3, -0.25) is 0 Å². The Kier molecular flexibility index (Phi) is 6.94. The molecule has 0 aliphatic carbocycles. The molecule has 26 heavy (non-hydrogen) atoms. The first-order chi connectivity index (χ1) is 12.1. The fraction of sp³-hybridized carbons (Fsp3) is 0.316. The van der Waals surface area contributed by atoms with Crippen molar-refractivity contribution in [2.75, 3.05) is 13.1 Å². The Bertz CT molecular complexity index is 674. The zero-order valence-electron chi connectivity index (χ0n) is 14.1. The van der Waals surface area contributed by atoms with Crippen molar-refractivity contribution in [1.82, 2.24) is 10.0 Å². The standard InChI is InChI=1S/C19H20F2N2O2.ClH/c20-16-8-4-14(5-9-16)18(15-6-10-17(21)11-7-15)23(19(24)25)22-12-2-1-3-13-22;/h4-11,18H,1-3,12-13H2,(H,24,25);1H. The van der Waals surface area contributed by atoms with Crippen molar-refractivity contribution in [3.63, 3.8) is 0 Å². The molecule has 1 aliphatic rings. The third-order valence-corrected chi connectivity index (χ3v) is 4.45. The van der Waals surface area contributed by atoms with Crippen LogP contribution >= 0.6 is 12.4 Å². The number of hydrogen-bond donors (Lipinski definition) is 1. The van der Waals surface area contributed by atoms with Crippen molar-refractivity contribution in [1.29, 1.82) is 0 Å². The van der Waals surface area contributed by atoms with Gasteiger partial charge in [-0.2, -0.15) is 0 Å². The highest BCUT2D eigenvalue weighted by atomic mass is 35.5. The highest BCUT2D eigenvalue weighted by Crippen LogP contribution is 2.31. The van der Waals surface area contributed by atoms with Crippen molar-refractivity contribution in [2.45, 2.75) is 25.3 Å². The van der Waals surface area contributed by atoms with E-state index >= 15 is 0 Å². The lowest BCUT2D eigenvalue weighted by molar-refractivity contribution is -0.0424. The van der Waals surface area contributed by atoms with E-state index < -0.39 is 12.1 Å². The number of halogens is 3. The molecule has 1 fully saturated rings. The van der Waals surface area contributed by atoms with Crippen LogP contribution in [0.15, 0.2) is 48.5 Å². The lowest BCUT2D eigenvalue weighted by atomic mass is 9.98. The van der Waals surface area contributed by atoms with Crippen molar-refractivity contribution in [3.8, 4) is 0 Å². The Hall–Kier alpha value is -2.18. The molecule has 0 radical (unpaired) electrons. The van der Waals surface area contributed by atoms with Crippen molar-refractivity contribution >= 4 is 18.5 Å². The highest BCUT2D eigenvalue weighted by Gasteiger charge is 2.32. The first-order valence-electron chi connectivity index (χ1n) is 8.34. The van der Waals surface area contributed by atoms with Gasteiger partial charge in [0.1, 0.15) is 17.7 Å². The molecule has 2 aromatic carbocycles. The summed E-state index contributed by atoms with van der Waals surface area (Å²) in [6.45, 7) is 1.29. The number of hydrazine groups is 1. The second-order valence-corrected chi connectivity index (χ2v) is 6.15. The molecule has 2 aromatic rings. The van der Waals surface area contributed by atoms with Crippen LogP contribution < -0.4 is 0 Å². The van der Waals surface area contributed by atoms with E-state index in [4.69, 9.17) is 0 Å². The highest BCUT2D eigenvalue weighted by molar-refractivity contribution is 5.85. The van der Waals surface area contributed by atoms with Gasteiger partial charge in [0.2, 0.25) is 0 Å². The molecule has 4 nitrogen and oxygen atoms in total. The van der Waals surface area contributed by atoms with Gasteiger partial charge in [-0.1, -0.05) is 30.7 Å². The van der Waals surface area contributed by atoms with Gasteiger partial charge < -0.3 is 5.11 Å². The van der Waals surface area contributed by atoms with Crippen LogP contribution in [0.25, 0.3) is 0 Å². The Balaban J connectivity index is 0.00000243. The molecule has 1 saturated heterocycles. The van der Waals surface area contributed by atoms with Crippen LogP contribution in [0.1, 0.15) is 36.4 Å². The van der Waals surface area contributed by atoms with Crippen molar-refractivity contribution < 1.29 is 18.7 Å². The number of carbonyl (C=O) groups is 1. The van der Waals surface area contributed by atoms with Crippen LogP contribution in [0, 0.1) is 11.6 Å². The van der Waals surface area contributed by atoms with Gasteiger partial charge in [-0.05, 0) is 48.2 Å². The summed E-state index contributed by atoms with van der Waals surface area (Å²) in [5.41, 5.74) is 1.28. The Morgan fingerprint density at radius 2 is 1.31 bits per heavy atom. The minimum atomic E-state index is -1.08. The summed E-state index contributed by atoms with van der Waals surface area (Å²) in [4.78, 5) is 12.1. The van der Waals surface area contributed by atoms with Gasteiger partial charge in [0.25, 0.3) is 0 Å². The molecule has 1 heterocycles. The molecule has 0 atom stereocenters. The van der Waals surface area contributed by atoms with Crippen LogP contribution in [0.3, 0.4) is 0 Å². The van der Waals surface area contributed by atoms with Gasteiger partial charge in [-0.25, -0.2) is 23.6 Å². The zero-order chi connectivity index (χ0) is 17.8. The Morgan fingerprint density at radius 1 is 0.885 bits per heavy atom. The third kappa shape index (κ3) is 4.51. The molecule has 0 unspecified atom stereocenters. The topological polar surface area (TPSA) is 43.8 Å². The molecular formula is C19H21ClF2N2O2. The molecule has 1 aliphatic heterocycles. The Morgan fingerprint density at radius 3 is 1.69 bits per heavy atom.